The predicted molar refractivity (Wildman–Crippen MR) is 70.1 cm³/mol. The van der Waals surface area contributed by atoms with Crippen LogP contribution in [0.2, 0.25) is 0 Å². The molecule has 0 spiro atoms. The van der Waals surface area contributed by atoms with Crippen LogP contribution in [0.3, 0.4) is 0 Å². The Labute approximate surface area is 105 Å². The number of aromatic nitrogens is 1. The second-order valence-electron chi connectivity index (χ2n) is 4.11. The quantitative estimate of drug-likeness (QED) is 0.895. The number of nitrogens with one attached hydrogen (secondary N) is 1. The minimum atomic E-state index is -0.204. The number of nitrogens with zero attached hydrogens (tertiary/aromatic N) is 1. The molecule has 1 aromatic carbocycles. The summed E-state index contributed by atoms with van der Waals surface area (Å²) in [6, 6.07) is 4.97. The summed E-state index contributed by atoms with van der Waals surface area (Å²) in [5.74, 6) is -0.204. The Bertz CT molecular complexity index is 514. The Balaban J connectivity index is 2.09. The Morgan fingerprint density at radius 2 is 2.00 bits per heavy atom. The number of rotatable bonds is 3. The molecule has 1 N–H and O–H groups in total. The first-order valence-corrected chi connectivity index (χ1v) is 6.30. The van der Waals surface area contributed by atoms with Gasteiger partial charge >= 0.3 is 0 Å². The summed E-state index contributed by atoms with van der Waals surface area (Å²) in [6.07, 6.45) is 0. The van der Waals surface area contributed by atoms with E-state index in [-0.39, 0.29) is 5.82 Å². The van der Waals surface area contributed by atoms with Gasteiger partial charge in [-0.3, -0.25) is 0 Å². The lowest BCUT2D eigenvalue weighted by atomic mass is 10.2. The number of benzene rings is 1. The predicted octanol–water partition coefficient (Wildman–Crippen LogP) is 3.82. The van der Waals surface area contributed by atoms with Crippen molar-refractivity contribution in [2.24, 2.45) is 0 Å². The van der Waals surface area contributed by atoms with Crippen LogP contribution in [0, 0.1) is 26.6 Å². The number of hydrogen-bond donors (Lipinski definition) is 1. The minimum absolute atomic E-state index is 0.204. The summed E-state index contributed by atoms with van der Waals surface area (Å²) in [4.78, 5) is 5.56. The molecule has 0 radical (unpaired) electrons. The van der Waals surface area contributed by atoms with E-state index in [4.69, 9.17) is 0 Å². The van der Waals surface area contributed by atoms with Crippen LogP contribution >= 0.6 is 11.3 Å². The van der Waals surface area contributed by atoms with Gasteiger partial charge in [-0.05, 0) is 44.5 Å². The largest absolute Gasteiger partial charge is 0.380 e. The van der Waals surface area contributed by atoms with Crippen LogP contribution in [0.4, 0.5) is 10.1 Å². The van der Waals surface area contributed by atoms with Crippen LogP contribution in [0.5, 0.6) is 0 Å². The summed E-state index contributed by atoms with van der Waals surface area (Å²) < 4.78 is 13.2. The molecule has 0 saturated carbocycles. The van der Waals surface area contributed by atoms with Crippen LogP contribution in [0.1, 0.15) is 21.1 Å². The van der Waals surface area contributed by atoms with Crippen LogP contribution in [-0.2, 0) is 6.54 Å². The maximum absolute atomic E-state index is 13.2. The first-order chi connectivity index (χ1) is 8.04. The molecule has 4 heteroatoms. The van der Waals surface area contributed by atoms with Crippen molar-refractivity contribution < 1.29 is 4.39 Å². The third kappa shape index (κ3) is 3.03. The molecule has 0 atom stereocenters. The average Bonchev–Trinajstić information content (AvgIpc) is 2.53. The Hall–Kier alpha value is -1.42. The fourth-order valence-electron chi connectivity index (χ4n) is 1.76. The van der Waals surface area contributed by atoms with Crippen molar-refractivity contribution in [3.05, 3.63) is 45.2 Å². The van der Waals surface area contributed by atoms with Crippen molar-refractivity contribution in [1.82, 2.24) is 4.98 Å². The van der Waals surface area contributed by atoms with E-state index in [0.29, 0.717) is 6.54 Å². The lowest BCUT2D eigenvalue weighted by molar-refractivity contribution is 0.627. The van der Waals surface area contributed by atoms with Gasteiger partial charge in [0, 0.05) is 10.6 Å². The third-order valence-corrected chi connectivity index (χ3v) is 3.57. The standard InChI is InChI=1S/C13H15FN2S/c1-8-4-11(14)6-12(5-8)15-7-13-9(2)16-10(3)17-13/h4-6,15H,7H2,1-3H3. The SMILES string of the molecule is Cc1cc(F)cc(NCc2sc(C)nc2C)c1. The van der Waals surface area contributed by atoms with E-state index < -0.39 is 0 Å². The zero-order valence-electron chi connectivity index (χ0n) is 10.2. The van der Waals surface area contributed by atoms with Gasteiger partial charge in [0.1, 0.15) is 5.82 Å². The summed E-state index contributed by atoms with van der Waals surface area (Å²) in [5, 5.41) is 4.29. The number of thiazole rings is 1. The van der Waals surface area contributed by atoms with Gasteiger partial charge in [0.2, 0.25) is 0 Å². The van der Waals surface area contributed by atoms with Crippen molar-refractivity contribution in [2.45, 2.75) is 27.3 Å². The molecular formula is C13H15FN2S. The van der Waals surface area contributed by atoms with E-state index in [1.54, 1.807) is 11.3 Å². The second-order valence-corrected chi connectivity index (χ2v) is 5.40. The van der Waals surface area contributed by atoms with Crippen molar-refractivity contribution in [2.75, 3.05) is 5.32 Å². The summed E-state index contributed by atoms with van der Waals surface area (Å²) in [5.41, 5.74) is 2.78. The molecule has 2 rings (SSSR count). The Kier molecular flexibility index (Phi) is 3.43. The molecule has 1 aromatic heterocycles. The summed E-state index contributed by atoms with van der Waals surface area (Å²) >= 11 is 1.67. The molecule has 1 heterocycles. The highest BCUT2D eigenvalue weighted by Gasteiger charge is 2.05. The van der Waals surface area contributed by atoms with Crippen molar-refractivity contribution in [1.29, 1.82) is 0 Å². The molecule has 17 heavy (non-hydrogen) atoms. The zero-order chi connectivity index (χ0) is 12.4. The second kappa shape index (κ2) is 4.84. The molecule has 2 nitrogen and oxygen atoms in total. The molecule has 2 aromatic rings. The fourth-order valence-corrected chi connectivity index (χ4v) is 2.64. The molecule has 0 amide bonds. The van der Waals surface area contributed by atoms with Gasteiger partial charge in [-0.1, -0.05) is 0 Å². The lowest BCUT2D eigenvalue weighted by Gasteiger charge is -2.06. The summed E-state index contributed by atoms with van der Waals surface area (Å²) in [7, 11) is 0. The van der Waals surface area contributed by atoms with E-state index >= 15 is 0 Å². The number of hydrogen-bond acceptors (Lipinski definition) is 3. The van der Waals surface area contributed by atoms with Crippen LogP contribution in [0.15, 0.2) is 18.2 Å². The first-order valence-electron chi connectivity index (χ1n) is 5.48. The molecular weight excluding hydrogens is 235 g/mol. The molecule has 0 bridgehead atoms. The van der Waals surface area contributed by atoms with E-state index in [9.17, 15) is 4.39 Å². The van der Waals surface area contributed by atoms with Gasteiger partial charge in [0.05, 0.1) is 17.2 Å². The minimum Gasteiger partial charge on any atom is -0.380 e. The highest BCUT2D eigenvalue weighted by molar-refractivity contribution is 7.11. The van der Waals surface area contributed by atoms with Crippen LogP contribution < -0.4 is 5.32 Å². The maximum atomic E-state index is 13.2. The van der Waals surface area contributed by atoms with Gasteiger partial charge in [0.25, 0.3) is 0 Å². The smallest absolute Gasteiger partial charge is 0.125 e. The molecule has 0 unspecified atom stereocenters. The molecule has 0 aliphatic carbocycles. The number of aryl methyl sites for hydroxylation is 3. The number of halogens is 1. The Morgan fingerprint density at radius 3 is 2.59 bits per heavy atom. The van der Waals surface area contributed by atoms with Crippen LogP contribution in [-0.4, -0.2) is 4.98 Å². The van der Waals surface area contributed by atoms with Crippen molar-refractivity contribution in [3.8, 4) is 0 Å². The fraction of sp³-hybridized carbons (Fsp3) is 0.308. The molecule has 0 saturated heterocycles. The van der Waals surface area contributed by atoms with Crippen molar-refractivity contribution >= 4 is 17.0 Å². The number of anilines is 1. The summed E-state index contributed by atoms with van der Waals surface area (Å²) in [6.45, 7) is 6.57. The van der Waals surface area contributed by atoms with Gasteiger partial charge in [0.15, 0.2) is 0 Å². The highest BCUT2D eigenvalue weighted by atomic mass is 32.1. The first kappa shape index (κ1) is 12.0. The Morgan fingerprint density at radius 1 is 1.24 bits per heavy atom. The van der Waals surface area contributed by atoms with Crippen molar-refractivity contribution in [3.63, 3.8) is 0 Å². The average molecular weight is 250 g/mol. The monoisotopic (exact) mass is 250 g/mol. The molecule has 0 aliphatic heterocycles. The topological polar surface area (TPSA) is 24.9 Å². The van der Waals surface area contributed by atoms with Gasteiger partial charge < -0.3 is 5.32 Å². The third-order valence-electron chi connectivity index (χ3n) is 2.49. The van der Waals surface area contributed by atoms with E-state index in [2.05, 4.69) is 10.3 Å². The van der Waals surface area contributed by atoms with Gasteiger partial charge in [-0.2, -0.15) is 0 Å². The molecule has 90 valence electrons. The van der Waals surface area contributed by atoms with E-state index in [0.717, 1.165) is 22.0 Å². The normalized spacial score (nSPS) is 10.6. The van der Waals surface area contributed by atoms with Gasteiger partial charge in [-0.15, -0.1) is 11.3 Å². The van der Waals surface area contributed by atoms with E-state index in [1.807, 2.05) is 26.8 Å². The maximum Gasteiger partial charge on any atom is 0.125 e. The van der Waals surface area contributed by atoms with E-state index in [1.165, 1.54) is 17.0 Å². The van der Waals surface area contributed by atoms with Gasteiger partial charge in [-0.25, -0.2) is 9.37 Å². The molecule has 0 aliphatic rings. The zero-order valence-corrected chi connectivity index (χ0v) is 11.0. The highest BCUT2D eigenvalue weighted by Crippen LogP contribution is 2.20. The van der Waals surface area contributed by atoms with Crippen LogP contribution in [0.25, 0.3) is 0 Å². The lowest BCUT2D eigenvalue weighted by Crippen LogP contribution is -1.99. The molecule has 0 fully saturated rings.